The van der Waals surface area contributed by atoms with Crippen molar-refractivity contribution in [3.63, 3.8) is 0 Å². The highest BCUT2D eigenvalue weighted by molar-refractivity contribution is 7.99. The van der Waals surface area contributed by atoms with E-state index in [1.165, 1.54) is 18.4 Å². The van der Waals surface area contributed by atoms with E-state index in [1.54, 1.807) is 0 Å². The molecule has 0 unspecified atom stereocenters. The fraction of sp³-hybridized carbons (Fsp3) is 0.462. The summed E-state index contributed by atoms with van der Waals surface area (Å²) < 4.78 is 0. The molecule has 17 heavy (non-hydrogen) atoms. The molecule has 0 aromatic heterocycles. The largest absolute Gasteiger partial charge is 0.385 e. The van der Waals surface area contributed by atoms with Gasteiger partial charge in [0.05, 0.1) is 0 Å². The molecule has 0 saturated heterocycles. The smallest absolute Gasteiger partial charge is 0.221 e. The van der Waals surface area contributed by atoms with E-state index in [-0.39, 0.29) is 5.91 Å². The number of nitrogens with one attached hydrogen (secondary N) is 2. The van der Waals surface area contributed by atoms with Gasteiger partial charge in [0.1, 0.15) is 0 Å². The average Bonchev–Trinajstić information content (AvgIpc) is 2.28. The topological polar surface area (TPSA) is 41.1 Å². The lowest BCUT2D eigenvalue weighted by atomic mass is 10.2. The lowest BCUT2D eigenvalue weighted by Crippen LogP contribution is -2.07. The summed E-state index contributed by atoms with van der Waals surface area (Å²) in [5, 5.41) is 6.13. The molecule has 2 N–H and O–H groups in total. The molecule has 1 rings (SSSR count). The second-order valence-electron chi connectivity index (χ2n) is 3.74. The second kappa shape index (κ2) is 8.01. The Hall–Kier alpha value is -1.16. The minimum Gasteiger partial charge on any atom is -0.385 e. The highest BCUT2D eigenvalue weighted by atomic mass is 32.2. The number of amides is 1. The summed E-state index contributed by atoms with van der Waals surface area (Å²) in [6, 6.07) is 7.79. The standard InChI is InChI=1S/C13H20N2OS/c1-3-17-9-5-8-14-12-6-4-7-13(10-12)15-11(2)16/h4,6-7,10,14H,3,5,8-9H2,1-2H3,(H,15,16). The van der Waals surface area contributed by atoms with E-state index in [2.05, 4.69) is 17.6 Å². The number of carbonyl (C=O) groups excluding carboxylic acids is 1. The van der Waals surface area contributed by atoms with Gasteiger partial charge in [-0.15, -0.1) is 0 Å². The van der Waals surface area contributed by atoms with Crippen LogP contribution in [0.4, 0.5) is 11.4 Å². The van der Waals surface area contributed by atoms with Gasteiger partial charge in [-0.1, -0.05) is 13.0 Å². The van der Waals surface area contributed by atoms with Crippen LogP contribution in [0, 0.1) is 0 Å². The van der Waals surface area contributed by atoms with Crippen molar-refractivity contribution in [2.24, 2.45) is 0 Å². The van der Waals surface area contributed by atoms with Crippen molar-refractivity contribution in [1.29, 1.82) is 0 Å². The number of thioether (sulfide) groups is 1. The van der Waals surface area contributed by atoms with Crippen molar-refractivity contribution in [3.05, 3.63) is 24.3 Å². The van der Waals surface area contributed by atoms with Gasteiger partial charge in [-0.2, -0.15) is 11.8 Å². The predicted octanol–water partition coefficient (Wildman–Crippen LogP) is 3.20. The van der Waals surface area contributed by atoms with Gasteiger partial charge >= 0.3 is 0 Å². The van der Waals surface area contributed by atoms with E-state index in [1.807, 2.05) is 36.0 Å². The lowest BCUT2D eigenvalue weighted by molar-refractivity contribution is -0.114. The van der Waals surface area contributed by atoms with Crippen molar-refractivity contribution < 1.29 is 4.79 Å². The van der Waals surface area contributed by atoms with Gasteiger partial charge in [0, 0.05) is 24.8 Å². The van der Waals surface area contributed by atoms with Crippen LogP contribution in [0.1, 0.15) is 20.3 Å². The molecule has 3 nitrogen and oxygen atoms in total. The number of hydrogen-bond donors (Lipinski definition) is 2. The summed E-state index contributed by atoms with van der Waals surface area (Å²) in [6.45, 7) is 4.66. The molecule has 1 aromatic carbocycles. The van der Waals surface area contributed by atoms with Crippen molar-refractivity contribution in [1.82, 2.24) is 0 Å². The molecule has 0 aliphatic heterocycles. The van der Waals surface area contributed by atoms with E-state index in [0.29, 0.717) is 0 Å². The molecule has 94 valence electrons. The first-order valence-corrected chi connectivity index (χ1v) is 7.07. The zero-order chi connectivity index (χ0) is 12.5. The van der Waals surface area contributed by atoms with Crippen LogP contribution in [0.25, 0.3) is 0 Å². The highest BCUT2D eigenvalue weighted by Gasteiger charge is 1.97. The maximum Gasteiger partial charge on any atom is 0.221 e. The second-order valence-corrected chi connectivity index (χ2v) is 5.13. The molecule has 0 aliphatic rings. The van der Waals surface area contributed by atoms with Gasteiger partial charge in [-0.3, -0.25) is 4.79 Å². The Balaban J connectivity index is 2.35. The van der Waals surface area contributed by atoms with Crippen molar-refractivity contribution in [2.45, 2.75) is 20.3 Å². The summed E-state index contributed by atoms with van der Waals surface area (Å²) in [4.78, 5) is 10.9. The minimum atomic E-state index is -0.0403. The maximum atomic E-state index is 10.9. The summed E-state index contributed by atoms with van der Waals surface area (Å²) in [5.74, 6) is 2.33. The number of rotatable bonds is 7. The molecular formula is C13H20N2OS. The Labute approximate surface area is 107 Å². The Morgan fingerprint density at radius 3 is 2.82 bits per heavy atom. The van der Waals surface area contributed by atoms with Gasteiger partial charge in [-0.05, 0) is 36.1 Å². The summed E-state index contributed by atoms with van der Waals surface area (Å²) in [5.41, 5.74) is 1.89. The molecule has 0 atom stereocenters. The molecule has 0 radical (unpaired) electrons. The molecule has 1 amide bonds. The van der Waals surface area contributed by atoms with Gasteiger partial charge in [-0.25, -0.2) is 0 Å². The minimum absolute atomic E-state index is 0.0403. The molecule has 0 aliphatic carbocycles. The maximum absolute atomic E-state index is 10.9. The summed E-state index contributed by atoms with van der Waals surface area (Å²) >= 11 is 1.96. The van der Waals surface area contributed by atoms with E-state index >= 15 is 0 Å². The average molecular weight is 252 g/mol. The van der Waals surface area contributed by atoms with Gasteiger partial charge in [0.25, 0.3) is 0 Å². The van der Waals surface area contributed by atoms with Crippen LogP contribution in [-0.4, -0.2) is 24.0 Å². The first-order chi connectivity index (χ1) is 8.22. The van der Waals surface area contributed by atoms with Crippen molar-refractivity contribution >= 4 is 29.0 Å². The highest BCUT2D eigenvalue weighted by Crippen LogP contribution is 2.15. The lowest BCUT2D eigenvalue weighted by Gasteiger charge is -2.08. The third-order valence-electron chi connectivity index (χ3n) is 2.18. The molecule has 1 aromatic rings. The summed E-state index contributed by atoms with van der Waals surface area (Å²) in [7, 11) is 0. The van der Waals surface area contributed by atoms with E-state index in [0.717, 1.165) is 24.3 Å². The van der Waals surface area contributed by atoms with Crippen LogP contribution >= 0.6 is 11.8 Å². The molecule has 0 spiro atoms. The molecule has 0 fully saturated rings. The van der Waals surface area contributed by atoms with Crippen LogP contribution in [0.3, 0.4) is 0 Å². The number of benzene rings is 1. The molecule has 4 heteroatoms. The Morgan fingerprint density at radius 1 is 1.35 bits per heavy atom. The van der Waals surface area contributed by atoms with E-state index in [9.17, 15) is 4.79 Å². The Kier molecular flexibility index (Phi) is 6.55. The summed E-state index contributed by atoms with van der Waals surface area (Å²) in [6.07, 6.45) is 1.16. The third kappa shape index (κ3) is 6.22. The fourth-order valence-corrected chi connectivity index (χ4v) is 2.10. The fourth-order valence-electron chi connectivity index (χ4n) is 1.46. The van der Waals surface area contributed by atoms with Crippen LogP contribution < -0.4 is 10.6 Å². The van der Waals surface area contributed by atoms with Crippen LogP contribution in [0.15, 0.2) is 24.3 Å². The Bertz CT molecular complexity index is 355. The zero-order valence-electron chi connectivity index (χ0n) is 10.5. The SMILES string of the molecule is CCSCCCNc1cccc(NC(C)=O)c1. The molecule has 0 bridgehead atoms. The van der Waals surface area contributed by atoms with Crippen LogP contribution in [0.2, 0.25) is 0 Å². The van der Waals surface area contributed by atoms with Gasteiger partial charge < -0.3 is 10.6 Å². The van der Waals surface area contributed by atoms with Crippen molar-refractivity contribution in [3.8, 4) is 0 Å². The monoisotopic (exact) mass is 252 g/mol. The van der Waals surface area contributed by atoms with E-state index < -0.39 is 0 Å². The molecule has 0 heterocycles. The van der Waals surface area contributed by atoms with Crippen LogP contribution in [0.5, 0.6) is 0 Å². The third-order valence-corrected chi connectivity index (χ3v) is 3.17. The molecular weight excluding hydrogens is 232 g/mol. The van der Waals surface area contributed by atoms with Crippen molar-refractivity contribution in [2.75, 3.05) is 28.7 Å². The number of hydrogen-bond acceptors (Lipinski definition) is 3. The quantitative estimate of drug-likeness (QED) is 0.732. The van der Waals surface area contributed by atoms with E-state index in [4.69, 9.17) is 0 Å². The van der Waals surface area contributed by atoms with Gasteiger partial charge in [0.2, 0.25) is 5.91 Å². The number of anilines is 2. The normalized spacial score (nSPS) is 10.0. The first kappa shape index (κ1) is 13.9. The number of carbonyl (C=O) groups is 1. The predicted molar refractivity (Wildman–Crippen MR) is 76.9 cm³/mol. The van der Waals surface area contributed by atoms with Gasteiger partial charge in [0.15, 0.2) is 0 Å². The van der Waals surface area contributed by atoms with Crippen LogP contribution in [-0.2, 0) is 4.79 Å². The Morgan fingerprint density at radius 2 is 2.12 bits per heavy atom. The zero-order valence-corrected chi connectivity index (χ0v) is 11.3. The first-order valence-electron chi connectivity index (χ1n) is 5.91. The molecule has 0 saturated carbocycles.